The van der Waals surface area contributed by atoms with Crippen molar-refractivity contribution in [2.75, 3.05) is 52.6 Å². The van der Waals surface area contributed by atoms with Crippen LogP contribution in [0, 0.1) is 0 Å². The molecular formula is C15H20BrN2O4P. The van der Waals surface area contributed by atoms with Gasteiger partial charge in [-0.05, 0) is 18.2 Å². The SMILES string of the molecule is O=[P@@]1(N2CCOCC2)Oc2ccc(Br)cc2[C@H]1N1CCOCC1. The molecule has 0 radical (unpaired) electrons. The molecule has 3 aliphatic rings. The van der Waals surface area contributed by atoms with Crippen molar-refractivity contribution in [3.05, 3.63) is 28.2 Å². The van der Waals surface area contributed by atoms with Crippen LogP contribution < -0.4 is 4.52 Å². The Morgan fingerprint density at radius 3 is 2.39 bits per heavy atom. The summed E-state index contributed by atoms with van der Waals surface area (Å²) in [4.78, 5) is 2.25. The van der Waals surface area contributed by atoms with Gasteiger partial charge >= 0.3 is 7.52 Å². The van der Waals surface area contributed by atoms with Crippen LogP contribution in [0.5, 0.6) is 5.75 Å². The summed E-state index contributed by atoms with van der Waals surface area (Å²) in [6.07, 6.45) is 0. The van der Waals surface area contributed by atoms with E-state index in [1.807, 2.05) is 22.9 Å². The van der Waals surface area contributed by atoms with E-state index >= 15 is 0 Å². The molecule has 3 aliphatic heterocycles. The minimum atomic E-state index is -3.02. The van der Waals surface area contributed by atoms with Crippen molar-refractivity contribution in [1.29, 1.82) is 0 Å². The van der Waals surface area contributed by atoms with Crippen molar-refractivity contribution in [3.63, 3.8) is 0 Å². The summed E-state index contributed by atoms with van der Waals surface area (Å²) in [5, 5.41) is 0. The first-order valence-corrected chi connectivity index (χ1v) is 10.4. The molecule has 8 heteroatoms. The predicted octanol–water partition coefficient (Wildman–Crippen LogP) is 2.70. The highest BCUT2D eigenvalue weighted by molar-refractivity contribution is 9.10. The maximum absolute atomic E-state index is 13.9. The van der Waals surface area contributed by atoms with Gasteiger partial charge in [0.05, 0.1) is 26.4 Å². The van der Waals surface area contributed by atoms with Gasteiger partial charge < -0.3 is 14.0 Å². The van der Waals surface area contributed by atoms with Gasteiger partial charge in [-0.3, -0.25) is 9.46 Å². The standard InChI is InChI=1S/C15H20BrN2O4P/c16-12-1-2-14-13(11-12)15(17-3-7-20-8-4-17)23(19,22-14)18-5-9-21-10-6-18/h1-2,11,15H,3-10H2/t15-,23+/m0/s1. The van der Waals surface area contributed by atoms with Crippen LogP contribution in [0.4, 0.5) is 0 Å². The first kappa shape index (κ1) is 16.1. The Balaban J connectivity index is 1.74. The molecule has 2 atom stereocenters. The number of rotatable bonds is 2. The normalized spacial score (nSPS) is 32.5. The number of nitrogens with zero attached hydrogens (tertiary/aromatic N) is 2. The molecule has 4 rings (SSSR count). The Morgan fingerprint density at radius 1 is 1.04 bits per heavy atom. The maximum Gasteiger partial charge on any atom is 0.340 e. The van der Waals surface area contributed by atoms with Crippen molar-refractivity contribution in [3.8, 4) is 5.75 Å². The summed E-state index contributed by atoms with van der Waals surface area (Å²) in [6, 6.07) is 5.88. The number of ether oxygens (including phenoxy) is 2. The van der Waals surface area contributed by atoms with E-state index in [0.29, 0.717) is 39.5 Å². The Kier molecular flexibility index (Phi) is 4.52. The van der Waals surface area contributed by atoms with Gasteiger partial charge in [-0.1, -0.05) is 15.9 Å². The first-order valence-electron chi connectivity index (χ1n) is 7.92. The van der Waals surface area contributed by atoms with E-state index < -0.39 is 7.52 Å². The van der Waals surface area contributed by atoms with Gasteiger partial charge in [0.15, 0.2) is 0 Å². The summed E-state index contributed by atoms with van der Waals surface area (Å²) >= 11 is 3.53. The average Bonchev–Trinajstić information content (AvgIpc) is 2.89. The number of fused-ring (bicyclic) bond motifs is 1. The Labute approximate surface area is 144 Å². The van der Waals surface area contributed by atoms with Crippen molar-refractivity contribution < 1.29 is 18.6 Å². The summed E-state index contributed by atoms with van der Waals surface area (Å²) in [7, 11) is -3.02. The maximum atomic E-state index is 13.9. The third kappa shape index (κ3) is 2.88. The van der Waals surface area contributed by atoms with Crippen LogP contribution in [0.2, 0.25) is 0 Å². The molecule has 0 bridgehead atoms. The van der Waals surface area contributed by atoms with Crippen molar-refractivity contribution in [2.24, 2.45) is 0 Å². The summed E-state index contributed by atoms with van der Waals surface area (Å²) in [5.74, 6) is 0.511. The molecule has 2 saturated heterocycles. The molecule has 126 valence electrons. The number of morpholine rings is 2. The van der Waals surface area contributed by atoms with Crippen LogP contribution in [-0.2, 0) is 14.0 Å². The van der Waals surface area contributed by atoms with E-state index in [9.17, 15) is 4.57 Å². The lowest BCUT2D eigenvalue weighted by atomic mass is 10.2. The zero-order valence-electron chi connectivity index (χ0n) is 12.8. The number of hydrogen-bond donors (Lipinski definition) is 0. The van der Waals surface area contributed by atoms with Gasteiger partial charge in [-0.2, -0.15) is 0 Å². The molecule has 0 spiro atoms. The lowest BCUT2D eigenvalue weighted by Crippen LogP contribution is -2.42. The summed E-state index contributed by atoms with van der Waals surface area (Å²) in [6.45, 7) is 5.38. The smallest absolute Gasteiger partial charge is 0.340 e. The van der Waals surface area contributed by atoms with E-state index in [-0.39, 0.29) is 5.78 Å². The van der Waals surface area contributed by atoms with Gasteiger partial charge in [0.25, 0.3) is 0 Å². The molecular weight excluding hydrogens is 383 g/mol. The summed E-state index contributed by atoms with van der Waals surface area (Å²) < 4.78 is 33.9. The first-order chi connectivity index (χ1) is 11.2. The molecule has 6 nitrogen and oxygen atoms in total. The van der Waals surface area contributed by atoms with Crippen molar-refractivity contribution >= 4 is 23.4 Å². The fourth-order valence-electron chi connectivity index (χ4n) is 3.44. The lowest BCUT2D eigenvalue weighted by molar-refractivity contribution is 0.0263. The zero-order valence-corrected chi connectivity index (χ0v) is 15.3. The second-order valence-corrected chi connectivity index (χ2v) is 9.21. The molecule has 0 unspecified atom stereocenters. The van der Waals surface area contributed by atoms with E-state index in [2.05, 4.69) is 20.8 Å². The molecule has 1 aromatic rings. The number of benzene rings is 1. The molecule has 0 aromatic heterocycles. The molecule has 23 heavy (non-hydrogen) atoms. The quantitative estimate of drug-likeness (QED) is 0.708. The lowest BCUT2D eigenvalue weighted by Gasteiger charge is -2.39. The van der Waals surface area contributed by atoms with Crippen LogP contribution >= 0.6 is 23.4 Å². The molecule has 0 saturated carbocycles. The second-order valence-electron chi connectivity index (χ2n) is 5.93. The van der Waals surface area contributed by atoms with E-state index in [4.69, 9.17) is 14.0 Å². The molecule has 1 aromatic carbocycles. The molecule has 0 N–H and O–H groups in total. The number of halogens is 1. The Hall–Kier alpha value is -0.430. The largest absolute Gasteiger partial charge is 0.431 e. The zero-order chi connectivity index (χ0) is 15.9. The fourth-order valence-corrected chi connectivity index (χ4v) is 6.71. The average molecular weight is 403 g/mol. The van der Waals surface area contributed by atoms with Crippen molar-refractivity contribution in [2.45, 2.75) is 5.78 Å². The number of hydrogen-bond acceptors (Lipinski definition) is 5. The predicted molar refractivity (Wildman–Crippen MR) is 89.9 cm³/mol. The minimum absolute atomic E-state index is 0.225. The highest BCUT2D eigenvalue weighted by atomic mass is 79.9. The van der Waals surface area contributed by atoms with Gasteiger partial charge in [-0.15, -0.1) is 0 Å². The highest BCUT2D eigenvalue weighted by Gasteiger charge is 2.52. The van der Waals surface area contributed by atoms with Gasteiger partial charge in [0.1, 0.15) is 11.5 Å². The highest BCUT2D eigenvalue weighted by Crippen LogP contribution is 2.70. The fraction of sp³-hybridized carbons (Fsp3) is 0.600. The molecule has 0 aliphatic carbocycles. The Bertz CT molecular complexity index is 632. The van der Waals surface area contributed by atoms with Crippen LogP contribution in [0.1, 0.15) is 11.3 Å². The molecule has 0 amide bonds. The monoisotopic (exact) mass is 402 g/mol. The third-order valence-corrected chi connectivity index (χ3v) is 7.92. The van der Waals surface area contributed by atoms with Gasteiger partial charge in [-0.25, -0.2) is 4.67 Å². The molecule has 3 heterocycles. The van der Waals surface area contributed by atoms with Crippen LogP contribution in [0.25, 0.3) is 0 Å². The van der Waals surface area contributed by atoms with E-state index in [1.54, 1.807) is 0 Å². The van der Waals surface area contributed by atoms with Crippen molar-refractivity contribution in [1.82, 2.24) is 9.57 Å². The third-order valence-electron chi connectivity index (χ3n) is 4.56. The van der Waals surface area contributed by atoms with E-state index in [0.717, 1.165) is 28.9 Å². The van der Waals surface area contributed by atoms with Crippen LogP contribution in [-0.4, -0.2) is 62.2 Å². The van der Waals surface area contributed by atoms with E-state index in [1.165, 1.54) is 0 Å². The van der Waals surface area contributed by atoms with Gasteiger partial charge in [0, 0.05) is 36.2 Å². The Morgan fingerprint density at radius 2 is 1.70 bits per heavy atom. The van der Waals surface area contributed by atoms with Crippen LogP contribution in [0.3, 0.4) is 0 Å². The molecule has 2 fully saturated rings. The topological polar surface area (TPSA) is 51.2 Å². The summed E-state index contributed by atoms with van der Waals surface area (Å²) in [5.41, 5.74) is 1.01. The van der Waals surface area contributed by atoms with Gasteiger partial charge in [0.2, 0.25) is 0 Å². The van der Waals surface area contributed by atoms with Crippen LogP contribution in [0.15, 0.2) is 22.7 Å². The second kappa shape index (κ2) is 6.47. The minimum Gasteiger partial charge on any atom is -0.431 e.